The summed E-state index contributed by atoms with van der Waals surface area (Å²) in [5.41, 5.74) is 4.36. The molecular formula is C26H23ClN2O3. The van der Waals surface area contributed by atoms with Gasteiger partial charge < -0.3 is 19.4 Å². The molecule has 162 valence electrons. The van der Waals surface area contributed by atoms with Gasteiger partial charge in [0, 0.05) is 41.6 Å². The van der Waals surface area contributed by atoms with Crippen molar-refractivity contribution in [3.63, 3.8) is 0 Å². The third-order valence-corrected chi connectivity index (χ3v) is 6.09. The molecular weight excluding hydrogens is 424 g/mol. The number of nitrogens with one attached hydrogen (secondary N) is 1. The highest BCUT2D eigenvalue weighted by Gasteiger charge is 2.14. The molecule has 5 rings (SSSR count). The molecule has 1 aliphatic heterocycles. The molecule has 1 amide bonds. The van der Waals surface area contributed by atoms with Crippen molar-refractivity contribution >= 4 is 28.4 Å². The van der Waals surface area contributed by atoms with Crippen LogP contribution < -0.4 is 14.8 Å². The van der Waals surface area contributed by atoms with Crippen LogP contribution in [0.25, 0.3) is 10.9 Å². The Balaban J connectivity index is 1.25. The van der Waals surface area contributed by atoms with Crippen molar-refractivity contribution in [2.45, 2.75) is 25.9 Å². The van der Waals surface area contributed by atoms with Crippen molar-refractivity contribution in [2.24, 2.45) is 0 Å². The molecule has 0 radical (unpaired) electrons. The summed E-state index contributed by atoms with van der Waals surface area (Å²) in [6.45, 7) is 1.40. The maximum absolute atomic E-state index is 12.5. The Morgan fingerprint density at radius 3 is 2.69 bits per heavy atom. The lowest BCUT2D eigenvalue weighted by Gasteiger charge is -2.07. The molecule has 32 heavy (non-hydrogen) atoms. The molecule has 1 N–H and O–H groups in total. The van der Waals surface area contributed by atoms with E-state index in [1.807, 2.05) is 54.6 Å². The fourth-order valence-corrected chi connectivity index (χ4v) is 4.25. The van der Waals surface area contributed by atoms with Gasteiger partial charge in [0.25, 0.3) is 0 Å². The molecule has 0 aliphatic carbocycles. The second-order valence-corrected chi connectivity index (χ2v) is 8.26. The maximum atomic E-state index is 12.5. The molecule has 0 fully saturated rings. The monoisotopic (exact) mass is 446 g/mol. The fraction of sp³-hybridized carbons (Fsp3) is 0.192. The topological polar surface area (TPSA) is 52.5 Å². The molecule has 1 aromatic heterocycles. The van der Waals surface area contributed by atoms with E-state index in [0.29, 0.717) is 25.9 Å². The van der Waals surface area contributed by atoms with E-state index in [9.17, 15) is 4.79 Å². The lowest BCUT2D eigenvalue weighted by atomic mass is 10.1. The van der Waals surface area contributed by atoms with Gasteiger partial charge in [0.05, 0.1) is 0 Å². The lowest BCUT2D eigenvalue weighted by molar-refractivity contribution is -0.121. The molecule has 0 saturated heterocycles. The van der Waals surface area contributed by atoms with Crippen LogP contribution in [0.15, 0.2) is 72.9 Å². The number of nitrogens with zero attached hydrogens (tertiary/aromatic N) is 1. The van der Waals surface area contributed by atoms with Crippen molar-refractivity contribution in [3.05, 3.63) is 94.6 Å². The highest BCUT2D eigenvalue weighted by atomic mass is 35.5. The Morgan fingerprint density at radius 1 is 0.969 bits per heavy atom. The number of para-hydroxylation sites is 1. The quantitative estimate of drug-likeness (QED) is 0.418. The molecule has 6 heteroatoms. The number of amides is 1. The summed E-state index contributed by atoms with van der Waals surface area (Å²) in [4.78, 5) is 12.5. The van der Waals surface area contributed by atoms with E-state index in [2.05, 4.69) is 28.2 Å². The van der Waals surface area contributed by atoms with Gasteiger partial charge >= 0.3 is 0 Å². The summed E-state index contributed by atoms with van der Waals surface area (Å²) in [7, 11) is 0. The number of benzene rings is 3. The van der Waals surface area contributed by atoms with Crippen molar-refractivity contribution in [1.82, 2.24) is 9.88 Å². The van der Waals surface area contributed by atoms with Crippen LogP contribution in [0.5, 0.6) is 11.5 Å². The normalized spacial score (nSPS) is 12.3. The molecule has 2 heterocycles. The van der Waals surface area contributed by atoms with Gasteiger partial charge in [0.15, 0.2) is 11.5 Å². The predicted octanol–water partition coefficient (Wildman–Crippen LogP) is 5.32. The minimum Gasteiger partial charge on any atom is -0.454 e. The predicted molar refractivity (Wildman–Crippen MR) is 125 cm³/mol. The summed E-state index contributed by atoms with van der Waals surface area (Å²) in [5, 5.41) is 4.93. The number of halogens is 1. The Hall–Kier alpha value is -3.44. The van der Waals surface area contributed by atoms with Crippen LogP contribution in [0.2, 0.25) is 5.02 Å². The van der Waals surface area contributed by atoms with E-state index < -0.39 is 0 Å². The summed E-state index contributed by atoms with van der Waals surface area (Å²) in [5.74, 6) is 1.49. The van der Waals surface area contributed by atoms with Crippen molar-refractivity contribution in [3.8, 4) is 11.5 Å². The second-order valence-electron chi connectivity index (χ2n) is 7.86. The summed E-state index contributed by atoms with van der Waals surface area (Å²) in [6, 6.07) is 21.9. The van der Waals surface area contributed by atoms with Crippen LogP contribution in [0, 0.1) is 0 Å². The Kier molecular flexibility index (Phi) is 5.73. The van der Waals surface area contributed by atoms with E-state index in [4.69, 9.17) is 21.1 Å². The first-order valence-corrected chi connectivity index (χ1v) is 11.0. The van der Waals surface area contributed by atoms with E-state index in [1.165, 1.54) is 5.39 Å². The molecule has 0 spiro atoms. The number of carbonyl (C=O) groups is 1. The molecule has 4 aromatic rings. The number of ether oxygens (including phenoxy) is 2. The van der Waals surface area contributed by atoms with Crippen LogP contribution in [0.3, 0.4) is 0 Å². The zero-order valence-electron chi connectivity index (χ0n) is 17.5. The standard InChI is InChI=1S/C26H23ClN2O3/c27-22-7-3-1-5-20(22)16-29-15-19(21-6-2-4-8-23(21)29)10-12-26(30)28-14-18-9-11-24-25(13-18)32-17-31-24/h1-9,11,13,15H,10,12,14,16-17H2,(H,28,30). The summed E-state index contributed by atoms with van der Waals surface area (Å²) >= 11 is 6.37. The van der Waals surface area contributed by atoms with E-state index in [0.717, 1.165) is 38.7 Å². The molecule has 1 aliphatic rings. The largest absolute Gasteiger partial charge is 0.454 e. The fourth-order valence-electron chi connectivity index (χ4n) is 4.05. The third-order valence-electron chi connectivity index (χ3n) is 5.72. The molecule has 5 nitrogen and oxygen atoms in total. The average Bonchev–Trinajstić information content (AvgIpc) is 3.42. The van der Waals surface area contributed by atoms with E-state index in [1.54, 1.807) is 0 Å². The molecule has 0 saturated carbocycles. The van der Waals surface area contributed by atoms with Gasteiger partial charge in [-0.05, 0) is 47.4 Å². The van der Waals surface area contributed by atoms with Crippen LogP contribution in [-0.2, 0) is 24.3 Å². The Morgan fingerprint density at radius 2 is 1.78 bits per heavy atom. The first-order valence-electron chi connectivity index (χ1n) is 10.6. The van der Waals surface area contributed by atoms with Gasteiger partial charge in [-0.3, -0.25) is 4.79 Å². The van der Waals surface area contributed by atoms with E-state index in [-0.39, 0.29) is 12.7 Å². The first kappa shape index (κ1) is 20.5. The first-order chi connectivity index (χ1) is 15.7. The second kappa shape index (κ2) is 8.97. The van der Waals surface area contributed by atoms with Crippen molar-refractivity contribution in [2.75, 3.05) is 6.79 Å². The summed E-state index contributed by atoms with van der Waals surface area (Å²) in [6.07, 6.45) is 3.23. The minimum atomic E-state index is 0.0191. The third kappa shape index (κ3) is 4.30. The van der Waals surface area contributed by atoms with Gasteiger partial charge in [-0.15, -0.1) is 0 Å². The maximum Gasteiger partial charge on any atom is 0.231 e. The van der Waals surface area contributed by atoms with Gasteiger partial charge in [0.2, 0.25) is 12.7 Å². The molecule has 0 atom stereocenters. The number of hydrogen-bond donors (Lipinski definition) is 1. The van der Waals surface area contributed by atoms with Crippen LogP contribution in [-0.4, -0.2) is 17.3 Å². The highest BCUT2D eigenvalue weighted by molar-refractivity contribution is 6.31. The van der Waals surface area contributed by atoms with Crippen molar-refractivity contribution < 1.29 is 14.3 Å². The number of aryl methyl sites for hydroxylation is 1. The Bertz CT molecular complexity index is 1280. The van der Waals surface area contributed by atoms with Gasteiger partial charge in [-0.25, -0.2) is 0 Å². The van der Waals surface area contributed by atoms with Gasteiger partial charge in [-0.1, -0.05) is 54.1 Å². The van der Waals surface area contributed by atoms with Crippen molar-refractivity contribution in [1.29, 1.82) is 0 Å². The highest BCUT2D eigenvalue weighted by Crippen LogP contribution is 2.32. The average molecular weight is 447 g/mol. The van der Waals surface area contributed by atoms with Gasteiger partial charge in [-0.2, -0.15) is 0 Å². The number of carbonyl (C=O) groups excluding carboxylic acids is 1. The smallest absolute Gasteiger partial charge is 0.231 e. The SMILES string of the molecule is O=C(CCc1cn(Cc2ccccc2Cl)c2ccccc12)NCc1ccc2c(c1)OCO2. The molecule has 3 aromatic carbocycles. The zero-order valence-corrected chi connectivity index (χ0v) is 18.3. The molecule has 0 unspecified atom stereocenters. The van der Waals surface area contributed by atoms with Gasteiger partial charge in [0.1, 0.15) is 0 Å². The number of rotatable bonds is 7. The van der Waals surface area contributed by atoms with Crippen LogP contribution in [0.4, 0.5) is 0 Å². The number of aromatic nitrogens is 1. The number of fused-ring (bicyclic) bond motifs is 2. The van der Waals surface area contributed by atoms with E-state index >= 15 is 0 Å². The Labute approximate surface area is 191 Å². The zero-order chi connectivity index (χ0) is 21.9. The lowest BCUT2D eigenvalue weighted by Crippen LogP contribution is -2.22. The minimum absolute atomic E-state index is 0.0191. The summed E-state index contributed by atoms with van der Waals surface area (Å²) < 4.78 is 12.9. The molecule has 0 bridgehead atoms. The van der Waals surface area contributed by atoms with Crippen LogP contribution >= 0.6 is 11.6 Å². The van der Waals surface area contributed by atoms with Crippen LogP contribution in [0.1, 0.15) is 23.1 Å². The number of hydrogen-bond acceptors (Lipinski definition) is 3.